The van der Waals surface area contributed by atoms with Crippen molar-refractivity contribution in [2.45, 2.75) is 13.5 Å². The van der Waals surface area contributed by atoms with Crippen molar-refractivity contribution in [2.75, 3.05) is 20.8 Å². The molecule has 8 nitrogen and oxygen atoms in total. The Bertz CT molecular complexity index is 1160. The van der Waals surface area contributed by atoms with Crippen LogP contribution in [0.1, 0.15) is 33.2 Å². The van der Waals surface area contributed by atoms with Crippen molar-refractivity contribution in [1.82, 2.24) is 4.90 Å². The molecular formula is C23H22N2O6. The predicted octanol–water partition coefficient (Wildman–Crippen LogP) is 4.21. The molecule has 3 aromatic rings. The highest BCUT2D eigenvalue weighted by Crippen LogP contribution is 2.23. The van der Waals surface area contributed by atoms with E-state index in [-0.39, 0.29) is 30.0 Å². The molecule has 0 atom stereocenters. The highest BCUT2D eigenvalue weighted by atomic mass is 16.6. The van der Waals surface area contributed by atoms with Crippen molar-refractivity contribution >= 4 is 28.3 Å². The summed E-state index contributed by atoms with van der Waals surface area (Å²) < 4.78 is 10.1. The van der Waals surface area contributed by atoms with Gasteiger partial charge in [-0.15, -0.1) is 0 Å². The van der Waals surface area contributed by atoms with E-state index in [1.165, 1.54) is 11.0 Å². The smallest absolute Gasteiger partial charge is 0.338 e. The molecular weight excluding hydrogens is 400 g/mol. The lowest BCUT2D eigenvalue weighted by molar-refractivity contribution is -0.384. The fraction of sp³-hybridized carbons (Fsp3) is 0.217. The highest BCUT2D eigenvalue weighted by molar-refractivity contribution is 5.99. The van der Waals surface area contributed by atoms with Gasteiger partial charge in [-0.25, -0.2) is 4.79 Å². The van der Waals surface area contributed by atoms with Crippen LogP contribution in [0.15, 0.2) is 54.6 Å². The van der Waals surface area contributed by atoms with E-state index < -0.39 is 16.8 Å². The van der Waals surface area contributed by atoms with E-state index in [9.17, 15) is 19.7 Å². The Kier molecular flexibility index (Phi) is 6.49. The molecule has 0 saturated heterocycles. The highest BCUT2D eigenvalue weighted by Gasteiger charge is 2.21. The first kappa shape index (κ1) is 21.8. The van der Waals surface area contributed by atoms with Crippen LogP contribution in [-0.4, -0.2) is 42.5 Å². The molecule has 0 heterocycles. The minimum Gasteiger partial charge on any atom is -0.497 e. The quantitative estimate of drug-likeness (QED) is 0.321. The van der Waals surface area contributed by atoms with E-state index in [0.717, 1.165) is 34.2 Å². The maximum atomic E-state index is 12.9. The number of fused-ring (bicyclic) bond motifs is 1. The van der Waals surface area contributed by atoms with Crippen LogP contribution in [0.3, 0.4) is 0 Å². The number of non-ortho nitro benzene ring substituents is 1. The lowest BCUT2D eigenvalue weighted by Gasteiger charge is -2.18. The number of methoxy groups -OCH3 is 1. The number of carbonyl (C=O) groups is 2. The van der Waals surface area contributed by atoms with E-state index in [2.05, 4.69) is 0 Å². The molecule has 0 fully saturated rings. The minimum absolute atomic E-state index is 0.0348. The first-order valence-electron chi connectivity index (χ1n) is 9.61. The molecule has 0 radical (unpaired) electrons. The zero-order valence-corrected chi connectivity index (χ0v) is 17.5. The normalized spacial score (nSPS) is 10.5. The molecule has 0 aliphatic carbocycles. The second-order valence-electron chi connectivity index (χ2n) is 6.95. The maximum absolute atomic E-state index is 12.9. The van der Waals surface area contributed by atoms with Crippen LogP contribution < -0.4 is 4.74 Å². The van der Waals surface area contributed by atoms with Crippen LogP contribution in [0.5, 0.6) is 5.75 Å². The number of hydrogen-bond donors (Lipinski definition) is 0. The van der Waals surface area contributed by atoms with E-state index >= 15 is 0 Å². The van der Waals surface area contributed by atoms with Crippen LogP contribution in [-0.2, 0) is 11.3 Å². The van der Waals surface area contributed by atoms with Crippen LogP contribution in [0.2, 0.25) is 0 Å². The second kappa shape index (κ2) is 9.25. The van der Waals surface area contributed by atoms with E-state index in [1.54, 1.807) is 21.1 Å². The Morgan fingerprint density at radius 3 is 2.35 bits per heavy atom. The second-order valence-corrected chi connectivity index (χ2v) is 6.95. The molecule has 0 spiro atoms. The Labute approximate surface area is 179 Å². The standard InChI is InChI=1S/C23H22N2O6/c1-4-31-23(27)19-10-18(11-20(12-19)25(28)29)22(26)24(2)14-15-5-6-17-13-21(30-3)8-7-16(17)9-15/h5-13H,4,14H2,1-3H3. The van der Waals surface area contributed by atoms with Gasteiger partial charge >= 0.3 is 5.97 Å². The summed E-state index contributed by atoms with van der Waals surface area (Å²) in [5, 5.41) is 13.3. The SMILES string of the molecule is CCOC(=O)c1cc(C(=O)N(C)Cc2ccc3cc(OC)ccc3c2)cc([N+](=O)[O-])c1. The first-order valence-corrected chi connectivity index (χ1v) is 9.61. The lowest BCUT2D eigenvalue weighted by Crippen LogP contribution is -2.26. The number of nitrogens with zero attached hydrogens (tertiary/aromatic N) is 2. The van der Waals surface area contributed by atoms with Crippen molar-refractivity contribution < 1.29 is 24.0 Å². The molecule has 0 aliphatic heterocycles. The van der Waals surface area contributed by atoms with Gasteiger partial charge in [-0.2, -0.15) is 0 Å². The number of benzene rings is 3. The molecule has 0 aromatic heterocycles. The summed E-state index contributed by atoms with van der Waals surface area (Å²) >= 11 is 0. The number of carbonyl (C=O) groups excluding carboxylic acids is 2. The van der Waals surface area contributed by atoms with Gasteiger partial charge in [0.2, 0.25) is 0 Å². The zero-order chi connectivity index (χ0) is 22.5. The largest absolute Gasteiger partial charge is 0.497 e. The monoisotopic (exact) mass is 422 g/mol. The van der Waals surface area contributed by atoms with Crippen molar-refractivity contribution in [1.29, 1.82) is 0 Å². The van der Waals surface area contributed by atoms with Crippen LogP contribution in [0.25, 0.3) is 10.8 Å². The number of nitro benzene ring substituents is 1. The third-order valence-electron chi connectivity index (χ3n) is 4.76. The minimum atomic E-state index is -0.715. The van der Waals surface area contributed by atoms with Gasteiger partial charge in [-0.05, 0) is 47.5 Å². The van der Waals surface area contributed by atoms with E-state index in [1.807, 2.05) is 36.4 Å². The van der Waals surface area contributed by atoms with Crippen LogP contribution in [0.4, 0.5) is 5.69 Å². The number of ether oxygens (including phenoxy) is 2. The molecule has 0 bridgehead atoms. The molecule has 0 unspecified atom stereocenters. The van der Waals surface area contributed by atoms with Crippen molar-refractivity contribution in [2.24, 2.45) is 0 Å². The Morgan fingerprint density at radius 1 is 1.00 bits per heavy atom. The van der Waals surface area contributed by atoms with Gasteiger partial charge in [-0.3, -0.25) is 14.9 Å². The van der Waals surface area contributed by atoms with Crippen molar-refractivity contribution in [3.63, 3.8) is 0 Å². The lowest BCUT2D eigenvalue weighted by atomic mass is 10.1. The Hall–Kier alpha value is -3.94. The summed E-state index contributed by atoms with van der Waals surface area (Å²) in [7, 11) is 3.21. The third kappa shape index (κ3) is 4.98. The van der Waals surface area contributed by atoms with Crippen LogP contribution >= 0.6 is 0 Å². The molecule has 3 rings (SSSR count). The van der Waals surface area contributed by atoms with E-state index in [4.69, 9.17) is 9.47 Å². The fourth-order valence-corrected chi connectivity index (χ4v) is 3.24. The van der Waals surface area contributed by atoms with Crippen molar-refractivity contribution in [3.05, 3.63) is 81.4 Å². The van der Waals surface area contributed by atoms with Gasteiger partial charge in [0.25, 0.3) is 11.6 Å². The molecule has 3 aromatic carbocycles. The number of hydrogen-bond acceptors (Lipinski definition) is 6. The first-order chi connectivity index (χ1) is 14.8. The summed E-state index contributed by atoms with van der Waals surface area (Å²) in [6, 6.07) is 15.1. The summed E-state index contributed by atoms with van der Waals surface area (Å²) in [6.07, 6.45) is 0. The molecule has 0 N–H and O–H groups in total. The molecule has 160 valence electrons. The number of amides is 1. The average molecular weight is 422 g/mol. The summed E-state index contributed by atoms with van der Waals surface area (Å²) in [4.78, 5) is 37.0. The average Bonchev–Trinajstić information content (AvgIpc) is 2.77. The molecule has 0 aliphatic rings. The van der Waals surface area contributed by atoms with Crippen molar-refractivity contribution in [3.8, 4) is 5.75 Å². The third-order valence-corrected chi connectivity index (χ3v) is 4.76. The summed E-state index contributed by atoms with van der Waals surface area (Å²) in [5.74, 6) is -0.396. The topological polar surface area (TPSA) is 99.0 Å². The zero-order valence-electron chi connectivity index (χ0n) is 17.5. The molecule has 0 saturated carbocycles. The number of esters is 1. The molecule has 1 amide bonds. The maximum Gasteiger partial charge on any atom is 0.338 e. The number of rotatable bonds is 7. The number of nitro groups is 1. The van der Waals surface area contributed by atoms with Gasteiger partial charge in [-0.1, -0.05) is 18.2 Å². The fourth-order valence-electron chi connectivity index (χ4n) is 3.24. The Morgan fingerprint density at radius 2 is 1.68 bits per heavy atom. The summed E-state index contributed by atoms with van der Waals surface area (Å²) in [5.41, 5.74) is 0.559. The van der Waals surface area contributed by atoms with Crippen LogP contribution in [0, 0.1) is 10.1 Å². The predicted molar refractivity (Wildman–Crippen MR) is 115 cm³/mol. The van der Waals surface area contributed by atoms with Gasteiger partial charge in [0, 0.05) is 31.3 Å². The molecule has 31 heavy (non-hydrogen) atoms. The molecule has 8 heteroatoms. The Balaban J connectivity index is 1.85. The van der Waals surface area contributed by atoms with Gasteiger partial charge in [0.05, 0.1) is 24.2 Å². The summed E-state index contributed by atoms with van der Waals surface area (Å²) in [6.45, 7) is 2.05. The van der Waals surface area contributed by atoms with Gasteiger partial charge in [0.1, 0.15) is 5.75 Å². The van der Waals surface area contributed by atoms with E-state index in [0.29, 0.717) is 0 Å². The van der Waals surface area contributed by atoms with Gasteiger partial charge in [0.15, 0.2) is 0 Å². The van der Waals surface area contributed by atoms with Gasteiger partial charge < -0.3 is 14.4 Å².